The van der Waals surface area contributed by atoms with Gasteiger partial charge in [-0.25, -0.2) is 0 Å². The van der Waals surface area contributed by atoms with Crippen LogP contribution >= 0.6 is 7.14 Å². The number of para-hydroxylation sites is 3. The van der Waals surface area contributed by atoms with Gasteiger partial charge in [0.25, 0.3) is 0 Å². The van der Waals surface area contributed by atoms with E-state index in [2.05, 4.69) is 155 Å². The van der Waals surface area contributed by atoms with Crippen molar-refractivity contribution >= 4 is 72.7 Å². The molecule has 0 amide bonds. The van der Waals surface area contributed by atoms with Gasteiger partial charge in [0.05, 0.1) is 22.4 Å². The maximum absolute atomic E-state index is 15.7. The van der Waals surface area contributed by atoms with E-state index in [0.717, 1.165) is 60.8 Å². The number of hydrogen-bond donors (Lipinski definition) is 0. The summed E-state index contributed by atoms with van der Waals surface area (Å²) < 4.78 is 18.0. The molecule has 3 nitrogen and oxygen atoms in total. The summed E-state index contributed by atoms with van der Waals surface area (Å²) in [5.74, 6) is 0. The molecule has 1 atom stereocenters. The third kappa shape index (κ3) is 3.62. The molecule has 9 aromatic rings. The van der Waals surface area contributed by atoms with Gasteiger partial charge >= 0.3 is 0 Å². The summed E-state index contributed by atoms with van der Waals surface area (Å²) in [4.78, 5) is 2.38. The summed E-state index contributed by atoms with van der Waals surface area (Å²) >= 11 is 0. The molecular formula is C46H29N2OP. The molecule has 1 unspecified atom stereocenters. The van der Waals surface area contributed by atoms with Crippen LogP contribution in [0.3, 0.4) is 0 Å². The van der Waals surface area contributed by atoms with E-state index < -0.39 is 7.14 Å². The zero-order chi connectivity index (χ0) is 33.0. The second-order valence-electron chi connectivity index (χ2n) is 13.3. The number of aromatic nitrogens is 1. The predicted octanol–water partition coefficient (Wildman–Crippen LogP) is 11.0. The average Bonchev–Trinajstić information content (AvgIpc) is 3.65. The first-order valence-electron chi connectivity index (χ1n) is 17.1. The molecule has 0 spiro atoms. The molecule has 50 heavy (non-hydrogen) atoms. The number of fused-ring (bicyclic) bond motifs is 8. The molecule has 0 radical (unpaired) electrons. The van der Waals surface area contributed by atoms with Crippen LogP contribution in [0.25, 0.3) is 60.5 Å². The van der Waals surface area contributed by atoms with Crippen LogP contribution in [0.4, 0.5) is 17.1 Å². The topological polar surface area (TPSA) is 25.2 Å². The Bertz CT molecular complexity index is 2860. The summed E-state index contributed by atoms with van der Waals surface area (Å²) in [5.41, 5.74) is 11.2. The molecular weight excluding hydrogens is 627 g/mol. The highest BCUT2D eigenvalue weighted by molar-refractivity contribution is 7.86. The maximum atomic E-state index is 15.7. The Balaban J connectivity index is 1.19. The van der Waals surface area contributed by atoms with Crippen molar-refractivity contribution in [1.29, 1.82) is 0 Å². The van der Waals surface area contributed by atoms with E-state index in [4.69, 9.17) is 0 Å². The first-order chi connectivity index (χ1) is 24.7. The Kier molecular flexibility index (Phi) is 5.65. The quantitative estimate of drug-likeness (QED) is 0.177. The summed E-state index contributed by atoms with van der Waals surface area (Å²) in [6, 6.07) is 62.1. The molecule has 0 fully saturated rings. The van der Waals surface area contributed by atoms with E-state index in [1.54, 1.807) is 0 Å². The van der Waals surface area contributed by atoms with Gasteiger partial charge < -0.3 is 14.0 Å². The Morgan fingerprint density at radius 2 is 0.980 bits per heavy atom. The van der Waals surface area contributed by atoms with E-state index in [1.807, 2.05) is 30.3 Å². The van der Waals surface area contributed by atoms with Crippen LogP contribution in [0.2, 0.25) is 0 Å². The maximum Gasteiger partial charge on any atom is 0.172 e. The highest BCUT2D eigenvalue weighted by Crippen LogP contribution is 2.55. The van der Waals surface area contributed by atoms with Crippen LogP contribution in [0.15, 0.2) is 176 Å². The second-order valence-corrected chi connectivity index (χ2v) is 15.9. The number of benzene rings is 8. The van der Waals surface area contributed by atoms with E-state index in [9.17, 15) is 0 Å². The lowest BCUT2D eigenvalue weighted by atomic mass is 9.90. The van der Waals surface area contributed by atoms with E-state index in [0.29, 0.717) is 0 Å². The summed E-state index contributed by atoms with van der Waals surface area (Å²) in [6.45, 7) is 0. The van der Waals surface area contributed by atoms with Gasteiger partial charge in [-0.2, -0.15) is 0 Å². The smallest absolute Gasteiger partial charge is 0.172 e. The molecule has 2 aliphatic heterocycles. The van der Waals surface area contributed by atoms with Crippen LogP contribution in [-0.4, -0.2) is 4.57 Å². The van der Waals surface area contributed by atoms with Crippen molar-refractivity contribution in [3.63, 3.8) is 0 Å². The third-order valence-corrected chi connectivity index (χ3v) is 13.9. The minimum absolute atomic E-state index is 0.861. The van der Waals surface area contributed by atoms with Crippen molar-refractivity contribution in [2.45, 2.75) is 0 Å². The first-order valence-corrected chi connectivity index (χ1v) is 18.8. The van der Waals surface area contributed by atoms with E-state index in [1.165, 1.54) is 32.7 Å². The number of anilines is 3. The van der Waals surface area contributed by atoms with Gasteiger partial charge in [-0.1, -0.05) is 115 Å². The van der Waals surface area contributed by atoms with Gasteiger partial charge in [0, 0.05) is 49.0 Å². The van der Waals surface area contributed by atoms with Crippen LogP contribution in [-0.2, 0) is 4.57 Å². The standard InChI is InChI=1S/C46H29N2OP/c49-50(33-14-2-1-3-15-33)44-26-24-31(47-40-20-7-4-16-34(40)35-17-5-8-21-41(35)47)28-38(44)39-29-32(25-27-45(39)50)48-42-22-9-6-18-36(42)37-19-10-12-30-13-11-23-43(48)46(30)37/h1-29H. The van der Waals surface area contributed by atoms with Crippen LogP contribution in [0, 0.1) is 0 Å². The molecule has 0 bridgehead atoms. The van der Waals surface area contributed by atoms with E-state index >= 15 is 4.57 Å². The van der Waals surface area contributed by atoms with Crippen molar-refractivity contribution in [1.82, 2.24) is 4.57 Å². The predicted molar refractivity (Wildman–Crippen MR) is 210 cm³/mol. The highest BCUT2D eigenvalue weighted by Gasteiger charge is 2.41. The molecule has 3 heterocycles. The fourth-order valence-electron chi connectivity index (χ4n) is 8.59. The molecule has 234 valence electrons. The molecule has 1 aromatic heterocycles. The van der Waals surface area contributed by atoms with Gasteiger partial charge in [-0.15, -0.1) is 0 Å². The van der Waals surface area contributed by atoms with Crippen molar-refractivity contribution in [2.75, 3.05) is 4.90 Å². The van der Waals surface area contributed by atoms with Gasteiger partial charge in [-0.3, -0.25) is 0 Å². The Morgan fingerprint density at radius 3 is 1.72 bits per heavy atom. The molecule has 4 heteroatoms. The van der Waals surface area contributed by atoms with Crippen molar-refractivity contribution in [3.05, 3.63) is 176 Å². The lowest BCUT2D eigenvalue weighted by Crippen LogP contribution is -2.21. The van der Waals surface area contributed by atoms with Crippen LogP contribution in [0.5, 0.6) is 0 Å². The van der Waals surface area contributed by atoms with Gasteiger partial charge in [0.1, 0.15) is 0 Å². The van der Waals surface area contributed by atoms with Gasteiger partial charge in [-0.05, 0) is 82.7 Å². The number of hydrogen-bond acceptors (Lipinski definition) is 2. The first kappa shape index (κ1) is 27.8. The SMILES string of the molecule is O=P1(c2ccccc2)c2ccc(N3c4ccccc4-c4cccc5cccc3c45)cc2-c2cc(-n3c4ccccc4c4ccccc43)ccc21. The largest absolute Gasteiger partial charge is 0.309 e. The van der Waals surface area contributed by atoms with Gasteiger partial charge in [0.2, 0.25) is 0 Å². The van der Waals surface area contributed by atoms with Crippen molar-refractivity contribution < 1.29 is 4.57 Å². The lowest BCUT2D eigenvalue weighted by Gasteiger charge is -2.33. The van der Waals surface area contributed by atoms with Crippen LogP contribution in [0.1, 0.15) is 0 Å². The zero-order valence-electron chi connectivity index (χ0n) is 27.0. The lowest BCUT2D eigenvalue weighted by molar-refractivity contribution is 0.593. The summed E-state index contributed by atoms with van der Waals surface area (Å²) in [6.07, 6.45) is 0. The monoisotopic (exact) mass is 656 g/mol. The highest BCUT2D eigenvalue weighted by atomic mass is 31.2. The summed E-state index contributed by atoms with van der Waals surface area (Å²) in [7, 11) is -3.15. The third-order valence-electron chi connectivity index (χ3n) is 10.7. The average molecular weight is 657 g/mol. The summed E-state index contributed by atoms with van der Waals surface area (Å²) in [5, 5.41) is 7.56. The van der Waals surface area contributed by atoms with Crippen LogP contribution < -0.4 is 20.8 Å². The Morgan fingerprint density at radius 1 is 0.420 bits per heavy atom. The Hall–Kier alpha value is -6.15. The molecule has 8 aromatic carbocycles. The fourth-order valence-corrected chi connectivity index (χ4v) is 11.6. The van der Waals surface area contributed by atoms with Gasteiger partial charge in [0.15, 0.2) is 7.14 Å². The molecule has 0 saturated carbocycles. The zero-order valence-corrected chi connectivity index (χ0v) is 27.9. The molecule has 0 N–H and O–H groups in total. The molecule has 2 aliphatic rings. The van der Waals surface area contributed by atoms with Crippen molar-refractivity contribution in [2.24, 2.45) is 0 Å². The molecule has 0 aliphatic carbocycles. The number of rotatable bonds is 3. The number of nitrogens with zero attached hydrogens (tertiary/aromatic N) is 2. The fraction of sp³-hybridized carbons (Fsp3) is 0. The van der Waals surface area contributed by atoms with Crippen molar-refractivity contribution in [3.8, 4) is 27.9 Å². The Labute approximate surface area is 289 Å². The minimum atomic E-state index is -3.15. The van der Waals surface area contributed by atoms with E-state index in [-0.39, 0.29) is 0 Å². The second kappa shape index (κ2) is 10.2. The molecule has 0 saturated heterocycles. The normalized spacial score (nSPS) is 15.7. The molecule has 11 rings (SSSR count). The minimum Gasteiger partial charge on any atom is -0.309 e.